The number of ether oxygens (including phenoxy) is 1. The molecule has 2 saturated heterocycles. The van der Waals surface area contributed by atoms with Gasteiger partial charge in [0.2, 0.25) is 5.91 Å². The molecule has 2 amide bonds. The lowest BCUT2D eigenvalue weighted by Gasteiger charge is -2.28. The quantitative estimate of drug-likeness (QED) is 0.336. The minimum absolute atomic E-state index is 0.146. The van der Waals surface area contributed by atoms with Crippen molar-refractivity contribution >= 4 is 28.9 Å². The second-order valence-corrected chi connectivity index (χ2v) is 7.69. The van der Waals surface area contributed by atoms with Gasteiger partial charge < -0.3 is 4.74 Å². The number of carbonyl (C=O) groups excluding carboxylic acids is 2. The number of carbonyl (C=O) groups is 2. The molecule has 3 atom stereocenters. The third-order valence-electron chi connectivity index (χ3n) is 5.89. The predicted octanol–water partition coefficient (Wildman–Crippen LogP) is 3.65. The minimum Gasteiger partial charge on any atom is -0.497 e. The van der Waals surface area contributed by atoms with Crippen LogP contribution in [-0.4, -0.2) is 30.0 Å². The van der Waals surface area contributed by atoms with Crippen LogP contribution in [-0.2, 0) is 14.4 Å². The van der Waals surface area contributed by atoms with E-state index in [2.05, 4.69) is 0 Å². The van der Waals surface area contributed by atoms with Gasteiger partial charge in [-0.15, -0.1) is 0 Å². The molecule has 0 radical (unpaired) electrons. The third-order valence-corrected chi connectivity index (χ3v) is 5.89. The topological polar surface area (TPSA) is 102 Å². The van der Waals surface area contributed by atoms with E-state index in [0.717, 1.165) is 4.90 Å². The highest BCUT2D eigenvalue weighted by Gasteiger charge is 2.61. The Bertz CT molecular complexity index is 1250. The zero-order chi connectivity index (χ0) is 23.1. The van der Waals surface area contributed by atoms with Crippen LogP contribution in [0.5, 0.6) is 5.75 Å². The number of benzene rings is 3. The van der Waals surface area contributed by atoms with E-state index >= 15 is 0 Å². The van der Waals surface area contributed by atoms with Crippen LogP contribution in [0.15, 0.2) is 78.9 Å². The first kappa shape index (κ1) is 20.7. The number of hydrogen-bond acceptors (Lipinski definition) is 7. The molecule has 9 nitrogen and oxygen atoms in total. The Morgan fingerprint density at radius 1 is 0.909 bits per heavy atom. The molecule has 3 aromatic rings. The molecule has 0 saturated carbocycles. The number of nitro groups is 1. The molecule has 2 aliphatic rings. The fourth-order valence-electron chi connectivity index (χ4n) is 4.44. The Kier molecular flexibility index (Phi) is 5.02. The number of nitrogens with zero attached hydrogens (tertiary/aromatic N) is 3. The van der Waals surface area contributed by atoms with Crippen molar-refractivity contribution in [1.29, 1.82) is 0 Å². The first-order valence-electron chi connectivity index (χ1n) is 10.3. The molecule has 9 heteroatoms. The summed E-state index contributed by atoms with van der Waals surface area (Å²) >= 11 is 0. The first-order valence-corrected chi connectivity index (χ1v) is 10.3. The van der Waals surface area contributed by atoms with Gasteiger partial charge in [-0.25, -0.2) is 9.96 Å². The zero-order valence-corrected chi connectivity index (χ0v) is 17.5. The summed E-state index contributed by atoms with van der Waals surface area (Å²) in [7, 11) is 1.49. The summed E-state index contributed by atoms with van der Waals surface area (Å²) in [6.07, 6.45) is -1.12. The van der Waals surface area contributed by atoms with Crippen molar-refractivity contribution in [2.24, 2.45) is 5.92 Å². The molecule has 5 rings (SSSR count). The highest BCUT2D eigenvalue weighted by Crippen LogP contribution is 2.49. The maximum atomic E-state index is 13.6. The average molecular weight is 445 g/mol. The van der Waals surface area contributed by atoms with E-state index in [-0.39, 0.29) is 5.69 Å². The summed E-state index contributed by atoms with van der Waals surface area (Å²) in [6, 6.07) is 20.9. The van der Waals surface area contributed by atoms with E-state index in [9.17, 15) is 19.7 Å². The number of imide groups is 1. The van der Waals surface area contributed by atoms with Gasteiger partial charge in [0, 0.05) is 12.1 Å². The highest BCUT2D eigenvalue weighted by molar-refractivity contribution is 6.24. The summed E-state index contributed by atoms with van der Waals surface area (Å²) in [4.78, 5) is 45.4. The molecule has 0 aromatic heterocycles. The van der Waals surface area contributed by atoms with E-state index in [1.54, 1.807) is 66.7 Å². The molecule has 166 valence electrons. The standard InChI is InChI=1S/C24H19N3O6/c1-32-17-11-7-10-16(14-17)25-23(28)20-21(18-12-5-6-13-19(18)27(30)31)26(33-22(20)24(25)29)15-8-3-2-4-9-15/h2-14,20-22H,1H3/t20-,21-,22-/m1/s1. The number of hydroxylamine groups is 1. The Morgan fingerprint density at radius 2 is 1.61 bits per heavy atom. The molecule has 2 heterocycles. The van der Waals surface area contributed by atoms with Gasteiger partial charge in [-0.05, 0) is 30.3 Å². The number of fused-ring (bicyclic) bond motifs is 1. The number of anilines is 2. The number of para-hydroxylation sites is 2. The molecular weight excluding hydrogens is 426 g/mol. The number of amides is 2. The van der Waals surface area contributed by atoms with Crippen molar-refractivity contribution < 1.29 is 24.1 Å². The van der Waals surface area contributed by atoms with E-state index in [1.165, 1.54) is 18.2 Å². The minimum atomic E-state index is -1.12. The largest absolute Gasteiger partial charge is 0.497 e. The molecule has 2 aliphatic heterocycles. The Balaban J connectivity index is 1.63. The van der Waals surface area contributed by atoms with Crippen molar-refractivity contribution in [1.82, 2.24) is 0 Å². The summed E-state index contributed by atoms with van der Waals surface area (Å²) in [6.45, 7) is 0. The lowest BCUT2D eigenvalue weighted by atomic mass is 9.89. The van der Waals surface area contributed by atoms with E-state index in [0.29, 0.717) is 22.7 Å². The van der Waals surface area contributed by atoms with Crippen LogP contribution in [0.4, 0.5) is 17.1 Å². The Hall–Kier alpha value is -4.24. The van der Waals surface area contributed by atoms with Crippen molar-refractivity contribution in [2.75, 3.05) is 17.1 Å². The molecule has 0 unspecified atom stereocenters. The highest BCUT2D eigenvalue weighted by atomic mass is 16.7. The normalized spacial score (nSPS) is 21.9. The van der Waals surface area contributed by atoms with Gasteiger partial charge in [0.25, 0.3) is 11.6 Å². The van der Waals surface area contributed by atoms with Crippen LogP contribution in [0.25, 0.3) is 0 Å². The smallest absolute Gasteiger partial charge is 0.274 e. The SMILES string of the molecule is COc1cccc(N2C(=O)[C@@H]3[C@@H](c4ccccc4[N+](=O)[O-])N(c4ccccc4)O[C@H]3C2=O)c1. The molecule has 2 fully saturated rings. The lowest BCUT2D eigenvalue weighted by molar-refractivity contribution is -0.385. The fourth-order valence-corrected chi connectivity index (χ4v) is 4.44. The molecule has 0 N–H and O–H groups in total. The number of nitro benzene ring substituents is 1. The maximum absolute atomic E-state index is 13.6. The van der Waals surface area contributed by atoms with Gasteiger partial charge in [0.1, 0.15) is 17.7 Å². The van der Waals surface area contributed by atoms with Crippen LogP contribution in [0.2, 0.25) is 0 Å². The molecule has 0 bridgehead atoms. The third kappa shape index (κ3) is 3.30. The second kappa shape index (κ2) is 8.03. The van der Waals surface area contributed by atoms with Gasteiger partial charge >= 0.3 is 0 Å². The summed E-state index contributed by atoms with van der Waals surface area (Å²) in [5, 5.41) is 13.2. The summed E-state index contributed by atoms with van der Waals surface area (Å²) in [5.74, 6) is -1.49. The molecular formula is C24H19N3O6. The fraction of sp³-hybridized carbons (Fsp3) is 0.167. The Morgan fingerprint density at radius 3 is 2.33 bits per heavy atom. The van der Waals surface area contributed by atoms with Crippen molar-refractivity contribution in [3.05, 3.63) is 94.5 Å². The summed E-state index contributed by atoms with van der Waals surface area (Å²) < 4.78 is 5.22. The van der Waals surface area contributed by atoms with Gasteiger partial charge in [-0.2, -0.15) is 0 Å². The first-order chi connectivity index (χ1) is 16.0. The van der Waals surface area contributed by atoms with Crippen LogP contribution < -0.4 is 14.7 Å². The van der Waals surface area contributed by atoms with Crippen molar-refractivity contribution in [2.45, 2.75) is 12.1 Å². The van der Waals surface area contributed by atoms with E-state index < -0.39 is 34.8 Å². The number of rotatable bonds is 5. The second-order valence-electron chi connectivity index (χ2n) is 7.69. The zero-order valence-electron chi connectivity index (χ0n) is 17.5. The summed E-state index contributed by atoms with van der Waals surface area (Å²) in [5.41, 5.74) is 1.10. The van der Waals surface area contributed by atoms with E-state index in [1.807, 2.05) is 6.07 Å². The lowest BCUT2D eigenvalue weighted by Crippen LogP contribution is -2.37. The van der Waals surface area contributed by atoms with Crippen molar-refractivity contribution in [3.63, 3.8) is 0 Å². The predicted molar refractivity (Wildman–Crippen MR) is 119 cm³/mol. The van der Waals surface area contributed by atoms with Gasteiger partial charge in [-0.1, -0.05) is 36.4 Å². The van der Waals surface area contributed by atoms with Gasteiger partial charge in [-0.3, -0.25) is 24.5 Å². The number of hydrogen-bond donors (Lipinski definition) is 0. The van der Waals surface area contributed by atoms with E-state index in [4.69, 9.17) is 9.57 Å². The Labute approximate surface area is 188 Å². The molecule has 0 aliphatic carbocycles. The molecule has 33 heavy (non-hydrogen) atoms. The van der Waals surface area contributed by atoms with Gasteiger partial charge in [0.05, 0.1) is 29.0 Å². The van der Waals surface area contributed by atoms with Crippen LogP contribution >= 0.6 is 0 Å². The van der Waals surface area contributed by atoms with Crippen LogP contribution in [0, 0.1) is 16.0 Å². The number of methoxy groups -OCH3 is 1. The van der Waals surface area contributed by atoms with Crippen molar-refractivity contribution in [3.8, 4) is 5.75 Å². The average Bonchev–Trinajstić information content (AvgIpc) is 3.35. The molecule has 0 spiro atoms. The van der Waals surface area contributed by atoms with Gasteiger partial charge in [0.15, 0.2) is 6.10 Å². The molecule has 3 aromatic carbocycles. The van der Waals surface area contributed by atoms with Crippen LogP contribution in [0.1, 0.15) is 11.6 Å². The van der Waals surface area contributed by atoms with Crippen LogP contribution in [0.3, 0.4) is 0 Å². The monoisotopic (exact) mass is 445 g/mol. The maximum Gasteiger partial charge on any atom is 0.274 e.